The van der Waals surface area contributed by atoms with Gasteiger partial charge < -0.3 is 11.1 Å². The average Bonchev–Trinajstić information content (AvgIpc) is 2.57. The molecule has 1 aliphatic carbocycles. The van der Waals surface area contributed by atoms with Crippen molar-refractivity contribution in [3.05, 3.63) is 11.6 Å². The van der Waals surface area contributed by atoms with Gasteiger partial charge in [0.05, 0.1) is 0 Å². The molecule has 2 rings (SSSR count). The third-order valence-corrected chi connectivity index (χ3v) is 3.21. The molecule has 1 heterocycles. The number of hydrogen-bond acceptors (Lipinski definition) is 2. The average molecular weight is 180 g/mol. The van der Waals surface area contributed by atoms with Crippen LogP contribution in [0, 0.1) is 5.92 Å². The van der Waals surface area contributed by atoms with E-state index in [2.05, 4.69) is 11.4 Å². The zero-order valence-corrected chi connectivity index (χ0v) is 8.26. The Morgan fingerprint density at radius 3 is 2.85 bits per heavy atom. The first-order valence-corrected chi connectivity index (χ1v) is 5.50. The molecule has 0 aromatic heterocycles. The van der Waals surface area contributed by atoms with Crippen molar-refractivity contribution >= 4 is 0 Å². The lowest BCUT2D eigenvalue weighted by atomic mass is 9.95. The van der Waals surface area contributed by atoms with E-state index in [4.69, 9.17) is 5.73 Å². The van der Waals surface area contributed by atoms with E-state index in [0.29, 0.717) is 0 Å². The van der Waals surface area contributed by atoms with Crippen LogP contribution in [0.25, 0.3) is 0 Å². The maximum Gasteiger partial charge on any atom is 0.0354 e. The molecule has 13 heavy (non-hydrogen) atoms. The van der Waals surface area contributed by atoms with Crippen molar-refractivity contribution in [3.8, 4) is 0 Å². The van der Waals surface area contributed by atoms with Crippen LogP contribution in [-0.2, 0) is 0 Å². The topological polar surface area (TPSA) is 38.0 Å². The summed E-state index contributed by atoms with van der Waals surface area (Å²) < 4.78 is 0. The largest absolute Gasteiger partial charge is 0.323 e. The second kappa shape index (κ2) is 4.25. The van der Waals surface area contributed by atoms with E-state index in [1.54, 1.807) is 5.57 Å². The number of rotatable bonds is 2. The van der Waals surface area contributed by atoms with Crippen molar-refractivity contribution < 1.29 is 0 Å². The first kappa shape index (κ1) is 9.22. The fourth-order valence-electron chi connectivity index (χ4n) is 2.55. The molecule has 0 bridgehead atoms. The van der Waals surface area contributed by atoms with Crippen LogP contribution in [0.4, 0.5) is 0 Å². The van der Waals surface area contributed by atoms with Gasteiger partial charge in [0, 0.05) is 19.1 Å². The zero-order valence-electron chi connectivity index (χ0n) is 8.26. The Bertz CT molecular complexity index is 192. The van der Waals surface area contributed by atoms with Gasteiger partial charge in [0.15, 0.2) is 0 Å². The second-order valence-corrected chi connectivity index (χ2v) is 4.47. The molecule has 1 saturated carbocycles. The normalized spacial score (nSPS) is 30.5. The molecule has 0 radical (unpaired) electrons. The number of nitrogens with two attached hydrogens (primary N) is 1. The molecule has 1 aliphatic heterocycles. The van der Waals surface area contributed by atoms with Crippen molar-refractivity contribution in [3.63, 3.8) is 0 Å². The van der Waals surface area contributed by atoms with Crippen molar-refractivity contribution in [2.45, 2.75) is 38.1 Å². The van der Waals surface area contributed by atoms with Crippen LogP contribution in [0.2, 0.25) is 0 Å². The minimum absolute atomic E-state index is 0.255. The smallest absolute Gasteiger partial charge is 0.0354 e. The van der Waals surface area contributed by atoms with Gasteiger partial charge in [-0.1, -0.05) is 37.3 Å². The third kappa shape index (κ3) is 2.55. The maximum absolute atomic E-state index is 5.86. The first-order chi connectivity index (χ1) is 6.34. The SMILES string of the molecule is NC1C=C(CC2CCCC2)CNC1. The lowest BCUT2D eigenvalue weighted by molar-refractivity contribution is 0.515. The highest BCUT2D eigenvalue weighted by Crippen LogP contribution is 2.30. The molecule has 1 unspecified atom stereocenters. The van der Waals surface area contributed by atoms with Gasteiger partial charge in [-0.2, -0.15) is 0 Å². The molecule has 0 amide bonds. The van der Waals surface area contributed by atoms with Gasteiger partial charge in [-0.05, 0) is 12.3 Å². The summed E-state index contributed by atoms with van der Waals surface area (Å²) in [5, 5.41) is 3.37. The highest BCUT2D eigenvalue weighted by atomic mass is 14.9. The molecule has 1 fully saturated rings. The van der Waals surface area contributed by atoms with Crippen LogP contribution in [0.1, 0.15) is 32.1 Å². The quantitative estimate of drug-likeness (QED) is 0.631. The summed E-state index contributed by atoms with van der Waals surface area (Å²) in [5.41, 5.74) is 7.41. The summed E-state index contributed by atoms with van der Waals surface area (Å²) in [6.45, 7) is 2.03. The standard InChI is InChI=1S/C11H20N2/c12-11-6-10(7-13-8-11)5-9-3-1-2-4-9/h6,9,11,13H,1-5,7-8,12H2. The summed E-state index contributed by atoms with van der Waals surface area (Å²) in [6.07, 6.45) is 9.32. The van der Waals surface area contributed by atoms with Crippen molar-refractivity contribution in [2.75, 3.05) is 13.1 Å². The molecule has 2 heteroatoms. The molecule has 2 nitrogen and oxygen atoms in total. The Morgan fingerprint density at radius 1 is 1.38 bits per heavy atom. The van der Waals surface area contributed by atoms with Crippen LogP contribution >= 0.6 is 0 Å². The highest BCUT2D eigenvalue weighted by molar-refractivity contribution is 5.13. The minimum Gasteiger partial charge on any atom is -0.323 e. The van der Waals surface area contributed by atoms with Crippen molar-refractivity contribution in [2.24, 2.45) is 11.7 Å². The van der Waals surface area contributed by atoms with E-state index in [1.807, 2.05) is 0 Å². The Balaban J connectivity index is 1.85. The van der Waals surface area contributed by atoms with Crippen molar-refractivity contribution in [1.29, 1.82) is 0 Å². The van der Waals surface area contributed by atoms with Crippen LogP contribution in [0.5, 0.6) is 0 Å². The van der Waals surface area contributed by atoms with Crippen LogP contribution < -0.4 is 11.1 Å². The minimum atomic E-state index is 0.255. The number of hydrogen-bond donors (Lipinski definition) is 2. The van der Waals surface area contributed by atoms with Gasteiger partial charge in [-0.15, -0.1) is 0 Å². The van der Waals surface area contributed by atoms with Crippen molar-refractivity contribution in [1.82, 2.24) is 5.32 Å². The summed E-state index contributed by atoms with van der Waals surface area (Å²) in [5.74, 6) is 0.957. The van der Waals surface area contributed by atoms with Gasteiger partial charge in [0.1, 0.15) is 0 Å². The Hall–Kier alpha value is -0.340. The predicted octanol–water partition coefficient (Wildman–Crippen LogP) is 1.42. The van der Waals surface area contributed by atoms with E-state index in [1.165, 1.54) is 32.1 Å². The summed E-state index contributed by atoms with van der Waals surface area (Å²) in [6, 6.07) is 0.255. The third-order valence-electron chi connectivity index (χ3n) is 3.21. The van der Waals surface area contributed by atoms with Gasteiger partial charge in [0.2, 0.25) is 0 Å². The molecule has 0 aromatic carbocycles. The van der Waals surface area contributed by atoms with Gasteiger partial charge >= 0.3 is 0 Å². The fourth-order valence-corrected chi connectivity index (χ4v) is 2.55. The highest BCUT2D eigenvalue weighted by Gasteiger charge is 2.18. The lowest BCUT2D eigenvalue weighted by Crippen LogP contribution is -2.38. The van der Waals surface area contributed by atoms with Gasteiger partial charge in [0.25, 0.3) is 0 Å². The lowest BCUT2D eigenvalue weighted by Gasteiger charge is -2.21. The first-order valence-electron chi connectivity index (χ1n) is 5.50. The monoisotopic (exact) mass is 180 g/mol. The van der Waals surface area contributed by atoms with Gasteiger partial charge in [-0.25, -0.2) is 0 Å². The molecule has 3 N–H and O–H groups in total. The Kier molecular flexibility index (Phi) is 3.01. The fraction of sp³-hybridized carbons (Fsp3) is 0.818. The molecular formula is C11H20N2. The predicted molar refractivity (Wildman–Crippen MR) is 55.5 cm³/mol. The van der Waals surface area contributed by atoms with Gasteiger partial charge in [-0.3, -0.25) is 0 Å². The molecular weight excluding hydrogens is 160 g/mol. The number of nitrogens with one attached hydrogen (secondary N) is 1. The zero-order chi connectivity index (χ0) is 9.10. The molecule has 2 aliphatic rings. The maximum atomic E-state index is 5.86. The van der Waals surface area contributed by atoms with E-state index in [9.17, 15) is 0 Å². The summed E-state index contributed by atoms with van der Waals surface area (Å²) in [7, 11) is 0. The van der Waals surface area contributed by atoms with Crippen LogP contribution in [0.3, 0.4) is 0 Å². The molecule has 0 saturated heterocycles. The molecule has 0 spiro atoms. The Morgan fingerprint density at radius 2 is 2.15 bits per heavy atom. The molecule has 74 valence electrons. The molecule has 0 aromatic rings. The van der Waals surface area contributed by atoms with E-state index in [-0.39, 0.29) is 6.04 Å². The Labute approximate surface area is 80.6 Å². The van der Waals surface area contributed by atoms with Crippen LogP contribution in [-0.4, -0.2) is 19.1 Å². The molecule has 1 atom stereocenters. The second-order valence-electron chi connectivity index (χ2n) is 4.47. The summed E-state index contributed by atoms with van der Waals surface area (Å²) >= 11 is 0. The van der Waals surface area contributed by atoms with E-state index < -0.39 is 0 Å². The van der Waals surface area contributed by atoms with E-state index in [0.717, 1.165) is 19.0 Å². The summed E-state index contributed by atoms with van der Waals surface area (Å²) in [4.78, 5) is 0. The van der Waals surface area contributed by atoms with E-state index >= 15 is 0 Å². The van der Waals surface area contributed by atoms with Crippen LogP contribution in [0.15, 0.2) is 11.6 Å².